The van der Waals surface area contributed by atoms with Gasteiger partial charge in [0.25, 0.3) is 34.1 Å². The quantitative estimate of drug-likeness (QED) is 0.0131. The standard InChI is InChI=1S/C15H17NO6.C12H13NO5.C10H9NO5.C7H5NO5.C7H7NO4.C7H5NO4/c1-15(2,3)14(18)22-12-9-11(16(19)20)7-5-10(12)6-8-13(17)21-4;1-12(2,3)11(15)18-10-6-9(13(16)17)5-4-8(10)7-14;1-16-10(13)5-3-7-2-4-8(11(14)15)6-9(7)12;9-6-3-4(8(12)13)1-2-5(6)7(10)11;2*9-4-5-1-2-6(8(11)12)3-7(5)10/h5-9H,1-4H3;4-7H,1-3H3;2-6,12H,1H3;1-3,9H,(H,10,11);1-3,9-10H,4H2;1-4,10H/b8-6+;;5-3+;;;. The van der Waals surface area contributed by atoms with Crippen LogP contribution in [0.2, 0.25) is 0 Å². The Labute approximate surface area is 523 Å². The maximum absolute atomic E-state index is 12.0. The van der Waals surface area contributed by atoms with E-state index in [1.54, 1.807) is 41.5 Å². The summed E-state index contributed by atoms with van der Waals surface area (Å²) in [6.45, 7) is 9.60. The number of benzene rings is 6. The molecule has 0 spiro atoms. The summed E-state index contributed by atoms with van der Waals surface area (Å²) in [5, 5.41) is 116. The predicted molar refractivity (Wildman–Crippen MR) is 321 cm³/mol. The highest BCUT2D eigenvalue weighted by Crippen LogP contribution is 2.31. The molecule has 0 atom stereocenters. The summed E-state index contributed by atoms with van der Waals surface area (Å²) in [4.78, 5) is 135. The molecular formula is C58H56N6O29. The number of phenolic OH excluding ortho intramolecular Hbond substituents is 2. The van der Waals surface area contributed by atoms with Gasteiger partial charge in [0.05, 0.1) is 109 Å². The molecule has 0 saturated heterocycles. The molecule has 6 aromatic rings. The van der Waals surface area contributed by atoms with E-state index < -0.39 is 76.0 Å². The molecule has 0 radical (unpaired) electrons. The monoisotopic (exact) mass is 1300 g/mol. The van der Waals surface area contributed by atoms with Crippen LogP contribution in [-0.2, 0) is 35.3 Å². The topological polar surface area (TPSA) is 537 Å². The lowest BCUT2D eigenvalue weighted by molar-refractivity contribution is -0.385. The number of aromatic hydroxyl groups is 4. The molecule has 0 aliphatic carbocycles. The molecule has 0 aliphatic rings. The van der Waals surface area contributed by atoms with Crippen LogP contribution in [0, 0.1) is 71.5 Å². The number of carboxylic acid groups (broad SMARTS) is 1. The van der Waals surface area contributed by atoms with Crippen LogP contribution in [0.4, 0.5) is 34.1 Å². The Morgan fingerprint density at radius 2 is 0.731 bits per heavy atom. The SMILES string of the molecule is CC(C)(C)C(=O)Oc1cc([N+](=O)[O-])ccc1C=O.COC(=O)/C=C/c1ccc([N+](=O)[O-])cc1O.COC(=O)/C=C/c1ccc([N+](=O)[O-])cc1OC(=O)C(C)(C)C.O=C(O)c1ccc([N+](=O)[O-])cc1O.O=Cc1ccc([N+](=O)[O-])cc1O.O=[N+]([O-])c1ccc(CO)c(O)c1. The number of esters is 4. The number of hydrogen-bond acceptors (Lipinski definition) is 28. The summed E-state index contributed by atoms with van der Waals surface area (Å²) in [5.74, 6) is -5.20. The van der Waals surface area contributed by atoms with Crippen LogP contribution in [0.3, 0.4) is 0 Å². The molecule has 492 valence electrons. The van der Waals surface area contributed by atoms with Gasteiger partial charge in [-0.2, -0.15) is 0 Å². The van der Waals surface area contributed by atoms with Crippen molar-refractivity contribution in [2.45, 2.75) is 48.1 Å². The third-order valence-electron chi connectivity index (χ3n) is 10.8. The highest BCUT2D eigenvalue weighted by molar-refractivity contribution is 5.91. The molecule has 0 unspecified atom stereocenters. The van der Waals surface area contributed by atoms with Crippen LogP contribution in [0.15, 0.2) is 121 Å². The predicted octanol–water partition coefficient (Wildman–Crippen LogP) is 9.48. The Morgan fingerprint density at radius 1 is 0.430 bits per heavy atom. The second-order valence-corrected chi connectivity index (χ2v) is 19.7. The van der Waals surface area contributed by atoms with Crippen molar-refractivity contribution in [1.82, 2.24) is 0 Å². The Hall–Kier alpha value is -13.0. The van der Waals surface area contributed by atoms with Gasteiger partial charge in [-0.05, 0) is 90.1 Å². The lowest BCUT2D eigenvalue weighted by Gasteiger charge is -2.17. The van der Waals surface area contributed by atoms with Crippen LogP contribution in [0.25, 0.3) is 12.2 Å². The largest absolute Gasteiger partial charge is 0.507 e. The third kappa shape index (κ3) is 26.5. The van der Waals surface area contributed by atoms with Gasteiger partial charge in [0.1, 0.15) is 40.1 Å². The van der Waals surface area contributed by atoms with Crippen molar-refractivity contribution in [2.24, 2.45) is 10.8 Å². The summed E-state index contributed by atoms with van der Waals surface area (Å²) < 4.78 is 19.1. The van der Waals surface area contributed by atoms with Crippen LogP contribution in [0.5, 0.6) is 34.5 Å². The first-order valence-corrected chi connectivity index (χ1v) is 25.4. The van der Waals surface area contributed by atoms with Gasteiger partial charge < -0.3 is 49.6 Å². The number of ether oxygens (including phenoxy) is 4. The van der Waals surface area contributed by atoms with Crippen molar-refractivity contribution in [1.29, 1.82) is 0 Å². The fourth-order valence-electron chi connectivity index (χ4n) is 5.79. The van der Waals surface area contributed by atoms with Crippen molar-refractivity contribution in [3.8, 4) is 34.5 Å². The average molecular weight is 1300 g/mol. The molecule has 0 saturated carbocycles. The first-order chi connectivity index (χ1) is 43.3. The molecule has 93 heavy (non-hydrogen) atoms. The number of methoxy groups -OCH3 is 2. The number of nitro benzene ring substituents is 6. The van der Waals surface area contributed by atoms with E-state index in [-0.39, 0.29) is 91.7 Å². The molecule has 0 heterocycles. The molecule has 0 aromatic heterocycles. The fraction of sp³-hybridized carbons (Fsp3) is 0.190. The number of aldehydes is 2. The Kier molecular flexibility index (Phi) is 30.5. The first-order valence-electron chi connectivity index (χ1n) is 25.4. The number of aliphatic hydroxyl groups is 1. The van der Waals surface area contributed by atoms with Gasteiger partial charge in [-0.25, -0.2) is 14.4 Å². The van der Waals surface area contributed by atoms with Crippen molar-refractivity contribution in [3.05, 3.63) is 215 Å². The van der Waals surface area contributed by atoms with E-state index in [1.807, 2.05) is 0 Å². The molecule has 0 aliphatic heterocycles. The zero-order chi connectivity index (χ0) is 71.2. The van der Waals surface area contributed by atoms with Gasteiger partial charge in [-0.1, -0.05) is 0 Å². The number of aliphatic hydroxyl groups excluding tert-OH is 1. The molecule has 0 fully saturated rings. The molecule has 6 rings (SSSR count). The summed E-state index contributed by atoms with van der Waals surface area (Å²) in [5.41, 5.74) is -2.25. The van der Waals surface area contributed by atoms with Gasteiger partial charge in [0.2, 0.25) is 0 Å². The van der Waals surface area contributed by atoms with Crippen molar-refractivity contribution >= 4 is 88.7 Å². The Balaban J connectivity index is 0.000000566. The van der Waals surface area contributed by atoms with E-state index in [0.717, 1.165) is 66.7 Å². The van der Waals surface area contributed by atoms with Crippen molar-refractivity contribution in [2.75, 3.05) is 14.2 Å². The molecule has 0 amide bonds. The highest BCUT2D eigenvalue weighted by Gasteiger charge is 2.27. The third-order valence-corrected chi connectivity index (χ3v) is 10.8. The second kappa shape index (κ2) is 36.4. The number of phenols is 4. The van der Waals surface area contributed by atoms with E-state index in [0.29, 0.717) is 23.7 Å². The van der Waals surface area contributed by atoms with Crippen molar-refractivity contribution < 1.29 is 113 Å². The van der Waals surface area contributed by atoms with Crippen LogP contribution in [0.1, 0.15) is 89.3 Å². The molecule has 35 heteroatoms. The number of carboxylic acids is 1. The first kappa shape index (κ1) is 78.1. The number of nitrogens with zero attached hydrogens (tertiary/aromatic N) is 6. The number of hydrogen-bond donors (Lipinski definition) is 6. The van der Waals surface area contributed by atoms with E-state index in [9.17, 15) is 99.4 Å². The van der Waals surface area contributed by atoms with E-state index in [2.05, 4.69) is 9.47 Å². The van der Waals surface area contributed by atoms with Gasteiger partial charge in [0, 0.05) is 65.2 Å². The number of carbonyl (C=O) groups is 7. The highest BCUT2D eigenvalue weighted by atomic mass is 16.6. The minimum Gasteiger partial charge on any atom is -0.507 e. The zero-order valence-electron chi connectivity index (χ0n) is 49.8. The maximum Gasteiger partial charge on any atom is 0.339 e. The van der Waals surface area contributed by atoms with Crippen LogP contribution >= 0.6 is 0 Å². The van der Waals surface area contributed by atoms with E-state index >= 15 is 0 Å². The molecule has 0 bridgehead atoms. The summed E-state index contributed by atoms with van der Waals surface area (Å²) in [6.07, 6.45) is 5.83. The van der Waals surface area contributed by atoms with Gasteiger partial charge >= 0.3 is 29.8 Å². The minimum absolute atomic E-state index is 0.00859. The number of aromatic carboxylic acids is 1. The molecule has 6 N–H and O–H groups in total. The lowest BCUT2D eigenvalue weighted by Crippen LogP contribution is -2.26. The van der Waals surface area contributed by atoms with Gasteiger partial charge in [-0.15, -0.1) is 0 Å². The van der Waals surface area contributed by atoms with E-state index in [1.165, 1.54) is 81.0 Å². The van der Waals surface area contributed by atoms with Gasteiger partial charge in [0.15, 0.2) is 12.6 Å². The molecule has 6 aromatic carbocycles. The zero-order valence-corrected chi connectivity index (χ0v) is 49.8. The number of carbonyl (C=O) groups excluding carboxylic acids is 6. The van der Waals surface area contributed by atoms with Crippen LogP contribution in [-0.4, -0.2) is 117 Å². The second-order valence-electron chi connectivity index (χ2n) is 19.7. The summed E-state index contributed by atoms with van der Waals surface area (Å²) >= 11 is 0. The van der Waals surface area contributed by atoms with Crippen LogP contribution < -0.4 is 9.47 Å². The van der Waals surface area contributed by atoms with E-state index in [4.69, 9.17) is 35.0 Å². The number of nitro groups is 6. The summed E-state index contributed by atoms with van der Waals surface area (Å²) in [7, 11) is 2.45. The van der Waals surface area contributed by atoms with Gasteiger partial charge in [-0.3, -0.25) is 79.9 Å². The lowest BCUT2D eigenvalue weighted by atomic mass is 9.97. The minimum atomic E-state index is -1.33. The van der Waals surface area contributed by atoms with Crippen molar-refractivity contribution in [3.63, 3.8) is 0 Å². The average Bonchev–Trinajstić information content (AvgIpc) is 1.21. The summed E-state index contributed by atoms with van der Waals surface area (Å²) in [6, 6.07) is 20.5. The maximum atomic E-state index is 12.0. The molecule has 35 nitrogen and oxygen atoms in total. The normalized spacial score (nSPS) is 10.3. The smallest absolute Gasteiger partial charge is 0.339 e. The fourth-order valence-corrected chi connectivity index (χ4v) is 5.79. The number of rotatable bonds is 16. The molecular weight excluding hydrogens is 1240 g/mol. The Morgan fingerprint density at radius 3 is 1.04 bits per heavy atom. The number of non-ortho nitro benzene ring substituents is 6. The Bertz CT molecular complexity index is 3870.